The van der Waals surface area contributed by atoms with Crippen molar-refractivity contribution in [2.45, 2.75) is 238 Å². The minimum atomic E-state index is -5.22. The summed E-state index contributed by atoms with van der Waals surface area (Å²) >= 11 is 0. The first-order valence-corrected chi connectivity index (χ1v) is 49.4. The fourth-order valence-electron chi connectivity index (χ4n) is 16.9. The van der Waals surface area contributed by atoms with Gasteiger partial charge in [-0.2, -0.15) is 29.8 Å². The number of nitrogens with zero attached hydrogens (tertiary/aromatic N) is 6. The predicted octanol–water partition coefficient (Wildman–Crippen LogP) is 5.37. The Labute approximate surface area is 773 Å². The van der Waals surface area contributed by atoms with E-state index in [9.17, 15) is 100 Å². The van der Waals surface area contributed by atoms with Crippen LogP contribution < -0.4 is 64.2 Å². The lowest BCUT2D eigenvalue weighted by Crippen LogP contribution is -2.61. The smallest absolute Gasteiger partial charge is 0.326 e. The van der Waals surface area contributed by atoms with Crippen LogP contribution in [-0.4, -0.2) is 234 Å². The molecule has 0 bridgehead atoms. The molecular weight excluding hydrogens is 1800 g/mol. The van der Waals surface area contributed by atoms with Gasteiger partial charge in [-0.1, -0.05) is 96.5 Å². The number of carbonyl (C=O) groups excluding carboxylic acids is 7. The number of aliphatic carboxylic acids is 1. The summed E-state index contributed by atoms with van der Waals surface area (Å²) in [5.41, 5.74) is 13.7. The predicted molar refractivity (Wildman–Crippen MR) is 494 cm³/mol. The van der Waals surface area contributed by atoms with Gasteiger partial charge in [-0.3, -0.25) is 63.2 Å². The Hall–Kier alpha value is -11.9. The number of hydrogen-bond acceptors (Lipinski definition) is 24. The Morgan fingerprint density at radius 2 is 1.29 bits per heavy atom. The second-order valence-electron chi connectivity index (χ2n) is 35.9. The van der Waals surface area contributed by atoms with Crippen LogP contribution in [0.25, 0.3) is 21.5 Å². The summed E-state index contributed by atoms with van der Waals surface area (Å²) in [6.45, 7) is 17.8. The van der Waals surface area contributed by atoms with E-state index in [1.165, 1.54) is 29.2 Å². The molecule has 4 heterocycles. The number of carboxylic acid groups (broad SMARTS) is 1. The minimum Gasteiger partial charge on any atom is -0.744 e. The number of phenolic OH excluding ortho intramolecular Hbond substituents is 1. The van der Waals surface area contributed by atoms with Crippen molar-refractivity contribution >= 4 is 138 Å². The summed E-state index contributed by atoms with van der Waals surface area (Å²) in [6, 6.07) is 7.62. The van der Waals surface area contributed by atoms with Gasteiger partial charge in [0.05, 0.1) is 31.8 Å². The first-order valence-electron chi connectivity index (χ1n) is 43.6. The monoisotopic (exact) mass is 1920 g/mol. The highest BCUT2D eigenvalue weighted by molar-refractivity contribution is 7.87. The van der Waals surface area contributed by atoms with Crippen LogP contribution in [-0.2, 0) is 104 Å². The topological polar surface area (TPSA) is 646 Å². The van der Waals surface area contributed by atoms with Crippen molar-refractivity contribution in [3.63, 3.8) is 0 Å². The van der Waals surface area contributed by atoms with Crippen molar-refractivity contribution in [1.29, 1.82) is 10.8 Å². The van der Waals surface area contributed by atoms with Gasteiger partial charge in [0, 0.05) is 110 Å². The molecule has 8 amide bonds. The van der Waals surface area contributed by atoms with Crippen molar-refractivity contribution in [3.8, 4) is 5.75 Å². The van der Waals surface area contributed by atoms with Crippen LogP contribution in [0.2, 0.25) is 0 Å². The lowest BCUT2D eigenvalue weighted by atomic mass is 9.79. The number of nitrogens with one attached hydrogen (secondary N) is 11. The number of benzene rings is 5. The van der Waals surface area contributed by atoms with Crippen LogP contribution in [0, 0.1) is 22.2 Å². The van der Waals surface area contributed by atoms with Gasteiger partial charge in [0.15, 0.2) is 17.6 Å². The summed E-state index contributed by atoms with van der Waals surface area (Å²) in [4.78, 5) is 109. The van der Waals surface area contributed by atoms with E-state index in [-0.39, 0.29) is 129 Å². The molecule has 1 saturated heterocycles. The van der Waals surface area contributed by atoms with Gasteiger partial charge < -0.3 is 78.6 Å². The highest BCUT2D eigenvalue weighted by Crippen LogP contribution is 2.52. The number of carboxylic acids is 1. The van der Waals surface area contributed by atoms with E-state index >= 15 is 0 Å². The van der Waals surface area contributed by atoms with Crippen LogP contribution in [0.15, 0.2) is 135 Å². The highest BCUT2D eigenvalue weighted by atomic mass is 32.2. The number of aromatic hydroxyl groups is 1. The van der Waals surface area contributed by atoms with Crippen molar-refractivity contribution < 1.29 is 105 Å². The molecule has 133 heavy (non-hydrogen) atoms. The van der Waals surface area contributed by atoms with Gasteiger partial charge in [-0.15, -0.1) is 5.10 Å². The van der Waals surface area contributed by atoms with Gasteiger partial charge in [0.25, 0.3) is 30.4 Å². The Morgan fingerprint density at radius 1 is 0.662 bits per heavy atom. The number of likely N-dealkylation sites (tertiary alicyclic amines) is 1. The van der Waals surface area contributed by atoms with E-state index in [0.717, 1.165) is 12.1 Å². The largest absolute Gasteiger partial charge is 0.744 e. The molecule has 20 N–H and O–H groups in total. The third-order valence-electron chi connectivity index (χ3n) is 23.5. The third-order valence-corrected chi connectivity index (χ3v) is 26.9. The average Bonchev–Trinajstić information content (AvgIpc) is 1.57. The van der Waals surface area contributed by atoms with Crippen molar-refractivity contribution in [3.05, 3.63) is 137 Å². The molecule has 6 atom stereocenters. The summed E-state index contributed by atoms with van der Waals surface area (Å²) < 4.78 is 147. The SMILES string of the molecule is CC(C)C[C@H](NC(=O)[C@@H](NC(=O)[C@H](Cc1ccc(O)cc1)NC(=O)[C@@H]1CCCN1C(=O)[C@H](CCCNC(=N)N)NC(=O)[C@@H](N)CCCNC(=N)NC(=O)NCCCCc1cn(CCCNC(=O)CCCCCN2/C(=C/C=C/C=C/C3=[N+](C)c4ccc5c(S(=O)(=O)[O-])cc(S(=O)(=O)O)cc5c4C3(C)C)C(C)(C)c3c2ccc2c(S(=O)(=O)O)cc(S(=O)(=O)O)cc32)nn1)C(C)(C)C)C(=O)O. The maximum Gasteiger partial charge on any atom is 0.326 e. The Morgan fingerprint density at radius 3 is 1.92 bits per heavy atom. The number of urea groups is 1. The number of aryl methyl sites for hydroxylation is 2. The maximum atomic E-state index is 14.6. The number of amides is 8. The molecule has 0 radical (unpaired) electrons. The molecule has 9 rings (SSSR count). The number of nitrogens with two attached hydrogens (primary N) is 2. The molecule has 0 aliphatic carbocycles. The van der Waals surface area contributed by atoms with Gasteiger partial charge in [0.1, 0.15) is 58.0 Å². The fourth-order valence-corrected chi connectivity index (χ4v) is 19.6. The number of rotatable bonds is 44. The number of hydrogen-bond donors (Lipinski definition) is 18. The zero-order chi connectivity index (χ0) is 98.2. The molecule has 1 fully saturated rings. The number of anilines is 1. The Bertz CT molecular complexity index is 6030. The number of guanidine groups is 2. The van der Waals surface area contributed by atoms with Crippen molar-refractivity contribution in [2.75, 3.05) is 51.2 Å². The van der Waals surface area contributed by atoms with Crippen LogP contribution in [0.3, 0.4) is 0 Å². The van der Waals surface area contributed by atoms with E-state index in [2.05, 4.69) is 58.2 Å². The molecule has 41 nitrogen and oxygen atoms in total. The Kier molecular flexibility index (Phi) is 35.0. The van der Waals surface area contributed by atoms with Crippen LogP contribution in [0.5, 0.6) is 5.75 Å². The zero-order valence-electron chi connectivity index (χ0n) is 75.8. The molecule has 0 unspecified atom stereocenters. The Balaban J connectivity index is 0.699. The van der Waals surface area contributed by atoms with E-state index in [1.807, 2.05) is 43.2 Å². The number of fused-ring (bicyclic) bond motifs is 6. The number of allylic oxidation sites excluding steroid dienone is 6. The van der Waals surface area contributed by atoms with E-state index in [1.54, 1.807) is 101 Å². The standard InChI is InChI=1S/C88H121N19O22S4/c1-52(2)45-65(82(115)116)99-80(113)76(86(3,4)5)100-78(111)64(46-53-30-32-55(108)33-31-53)98-79(112)68-26-21-44-107(68)81(114)63(25-20-39-94-83(90)91)97-77(110)62(89)24-19-40-95-84(92)101-85(117)96-38-17-16-23-54-51-105(103-102-54)42-22-41-93-73(109)29-15-12-18-43-106-67-37-35-59-61(48-57(131(121,122)123)50-70(59)133(127,128)129)75(67)88(8,9)72(106)28-14-11-13-27-71-87(6,7)74-60-47-56(130(118,119)120)49-69(132(124,125)126)58(60)34-36-66(74)104(71)10/h11,13-14,27-28,30-37,47-52,62-65,68,76H,12,15-26,29,38-46,89H2,1-10H3,(H18-,90,91,92,93,94,95,96,97,98,99,100,101,108,109,110,111,112,113,115,116,117,118,119,120,121,122,123,124,125,126,127,128,129)/t62-,63-,64-,65-,68-,76+/m0/s1. The van der Waals surface area contributed by atoms with Gasteiger partial charge in [0.2, 0.25) is 41.1 Å². The van der Waals surface area contributed by atoms with Crippen LogP contribution >= 0.6 is 0 Å². The van der Waals surface area contributed by atoms with Crippen LogP contribution in [0.4, 0.5) is 16.2 Å². The second kappa shape index (κ2) is 44.3. The normalized spacial score (nSPS) is 16.5. The van der Waals surface area contributed by atoms with E-state index in [0.29, 0.717) is 128 Å². The number of unbranched alkanes of at least 4 members (excludes halogenated alkanes) is 3. The molecule has 724 valence electrons. The molecule has 3 aliphatic rings. The van der Waals surface area contributed by atoms with E-state index in [4.69, 9.17) is 22.3 Å². The molecule has 3 aliphatic heterocycles. The average molecular weight is 1930 g/mol. The molecule has 1 aromatic heterocycles. The fraction of sp³-hybridized carbons (Fsp3) is 0.489. The molecule has 0 saturated carbocycles. The molecular formula is C88H121N19O22S4. The summed E-state index contributed by atoms with van der Waals surface area (Å²) in [5.74, 6) is -5.78. The van der Waals surface area contributed by atoms with Crippen molar-refractivity contribution in [1.82, 2.24) is 67.7 Å². The van der Waals surface area contributed by atoms with E-state index < -0.39 is 154 Å². The lowest BCUT2D eigenvalue weighted by Gasteiger charge is -2.33. The first-order chi connectivity index (χ1) is 62.2. The summed E-state index contributed by atoms with van der Waals surface area (Å²) in [6.07, 6.45) is 15.9. The number of carbonyl (C=O) groups is 8. The number of aromatic nitrogens is 3. The van der Waals surface area contributed by atoms with Crippen molar-refractivity contribution in [2.24, 2.45) is 22.8 Å². The highest BCUT2D eigenvalue weighted by Gasteiger charge is 2.47. The van der Waals surface area contributed by atoms with Gasteiger partial charge >= 0.3 is 12.0 Å². The zero-order valence-corrected chi connectivity index (χ0v) is 79.1. The quantitative estimate of drug-likeness (QED) is 0.00571. The molecule has 0 spiro atoms. The van der Waals surface area contributed by atoms with Gasteiger partial charge in [-0.25, -0.2) is 18.0 Å². The van der Waals surface area contributed by atoms with Gasteiger partial charge in [-0.05, 0) is 185 Å². The molecule has 45 heteroatoms. The minimum absolute atomic E-state index is 0.00299. The lowest BCUT2D eigenvalue weighted by molar-refractivity contribution is -0.401. The molecule has 6 aromatic rings. The first kappa shape index (κ1) is 105. The maximum absolute atomic E-state index is 14.6. The summed E-state index contributed by atoms with van der Waals surface area (Å²) in [7, 11) is -18.5. The second-order valence-corrected chi connectivity index (χ2v) is 41.4. The summed E-state index contributed by atoms with van der Waals surface area (Å²) in [5, 5.41) is 68.8. The number of phenols is 1. The molecule has 5 aromatic carbocycles. The third kappa shape index (κ3) is 27.7. The van der Waals surface area contributed by atoms with Crippen LogP contribution in [0.1, 0.15) is 175 Å².